The van der Waals surface area contributed by atoms with E-state index in [1.54, 1.807) is 0 Å². The first kappa shape index (κ1) is 19.3. The molecule has 2 aromatic carbocycles. The molecule has 0 bridgehead atoms. The maximum absolute atomic E-state index is 12.6. The summed E-state index contributed by atoms with van der Waals surface area (Å²) in [7, 11) is 0. The van der Waals surface area contributed by atoms with Gasteiger partial charge in [-0.1, -0.05) is 12.1 Å². The number of hydrogen-bond donors (Lipinski definition) is 1. The summed E-state index contributed by atoms with van der Waals surface area (Å²) in [4.78, 5) is 15.0. The summed E-state index contributed by atoms with van der Waals surface area (Å²) in [5.41, 5.74) is 4.03. The molecule has 0 saturated carbocycles. The summed E-state index contributed by atoms with van der Waals surface area (Å²) in [6.45, 7) is 8.85. The van der Waals surface area contributed by atoms with Crippen molar-refractivity contribution in [1.82, 2.24) is 5.32 Å². The van der Waals surface area contributed by atoms with Gasteiger partial charge in [-0.2, -0.15) is 0 Å². The summed E-state index contributed by atoms with van der Waals surface area (Å²) in [6, 6.07) is 14.1. The van der Waals surface area contributed by atoms with Crippen LogP contribution in [0.15, 0.2) is 42.5 Å². The van der Waals surface area contributed by atoms with Crippen molar-refractivity contribution in [2.24, 2.45) is 0 Å². The summed E-state index contributed by atoms with van der Waals surface area (Å²) < 4.78 is 5.55. The minimum atomic E-state index is -0.0613. The van der Waals surface area contributed by atoms with Crippen LogP contribution in [0.4, 0.5) is 5.69 Å². The minimum Gasteiger partial charge on any atom is -0.494 e. The summed E-state index contributed by atoms with van der Waals surface area (Å²) in [5, 5.41) is 3.10. The lowest BCUT2D eigenvalue weighted by Gasteiger charge is -2.29. The van der Waals surface area contributed by atoms with Gasteiger partial charge in [0, 0.05) is 24.3 Å². The molecular formula is C23H30N2O2. The van der Waals surface area contributed by atoms with Crippen molar-refractivity contribution >= 4 is 11.6 Å². The molecule has 27 heavy (non-hydrogen) atoms. The molecule has 4 heteroatoms. The lowest BCUT2D eigenvalue weighted by Crippen LogP contribution is -2.29. The molecule has 3 rings (SSSR count). The Hall–Kier alpha value is -2.49. The van der Waals surface area contributed by atoms with Crippen LogP contribution in [-0.4, -0.2) is 25.6 Å². The van der Waals surface area contributed by atoms with Crippen LogP contribution in [0, 0.1) is 6.92 Å². The highest BCUT2D eigenvalue weighted by atomic mass is 16.5. The molecule has 1 amide bonds. The number of rotatable bonds is 6. The second kappa shape index (κ2) is 8.94. The Bertz CT molecular complexity index is 764. The van der Waals surface area contributed by atoms with Crippen LogP contribution in [0.5, 0.6) is 5.75 Å². The fourth-order valence-corrected chi connectivity index (χ4v) is 3.60. The van der Waals surface area contributed by atoms with Gasteiger partial charge in [-0.05, 0) is 81.5 Å². The molecule has 1 N–H and O–H groups in total. The zero-order chi connectivity index (χ0) is 19.2. The number of carbonyl (C=O) groups excluding carboxylic acids is 1. The highest BCUT2D eigenvalue weighted by Gasteiger charge is 2.14. The molecule has 0 radical (unpaired) electrons. The maximum atomic E-state index is 12.6. The van der Waals surface area contributed by atoms with Gasteiger partial charge in [-0.15, -0.1) is 0 Å². The van der Waals surface area contributed by atoms with Crippen LogP contribution >= 0.6 is 0 Å². The van der Waals surface area contributed by atoms with Gasteiger partial charge in [-0.3, -0.25) is 4.79 Å². The Labute approximate surface area is 162 Å². The summed E-state index contributed by atoms with van der Waals surface area (Å²) >= 11 is 0. The smallest absolute Gasteiger partial charge is 0.251 e. The van der Waals surface area contributed by atoms with Crippen molar-refractivity contribution in [2.45, 2.75) is 46.1 Å². The number of nitrogens with one attached hydrogen (secondary N) is 1. The SMILES string of the molecule is CCOc1ccc(C(=O)NC(C)c2ccc(N3CCCCC3)cc2)cc1C. The highest BCUT2D eigenvalue weighted by Crippen LogP contribution is 2.23. The third kappa shape index (κ3) is 4.82. The molecule has 1 aliphatic heterocycles. The second-order valence-corrected chi connectivity index (χ2v) is 7.25. The molecular weight excluding hydrogens is 336 g/mol. The Morgan fingerprint density at radius 2 is 1.81 bits per heavy atom. The molecule has 1 heterocycles. The van der Waals surface area contributed by atoms with E-state index in [9.17, 15) is 4.79 Å². The van der Waals surface area contributed by atoms with Crippen molar-refractivity contribution in [2.75, 3.05) is 24.6 Å². The van der Waals surface area contributed by atoms with E-state index in [1.165, 1.54) is 24.9 Å². The van der Waals surface area contributed by atoms with Gasteiger partial charge < -0.3 is 15.0 Å². The van der Waals surface area contributed by atoms with Gasteiger partial charge in [-0.25, -0.2) is 0 Å². The molecule has 4 nitrogen and oxygen atoms in total. The normalized spacial score (nSPS) is 15.3. The minimum absolute atomic E-state index is 0.0419. The highest BCUT2D eigenvalue weighted by molar-refractivity contribution is 5.94. The standard InChI is InChI=1S/C23H30N2O2/c1-4-27-22-13-10-20(16-17(22)2)23(26)24-18(3)19-8-11-21(12-9-19)25-14-6-5-7-15-25/h8-13,16,18H,4-7,14-15H2,1-3H3,(H,24,26). The van der Waals surface area contributed by atoms with Gasteiger partial charge in [0.2, 0.25) is 0 Å². The van der Waals surface area contributed by atoms with Crippen LogP contribution in [0.1, 0.15) is 60.6 Å². The van der Waals surface area contributed by atoms with Crippen molar-refractivity contribution in [1.29, 1.82) is 0 Å². The lowest BCUT2D eigenvalue weighted by molar-refractivity contribution is 0.0940. The van der Waals surface area contributed by atoms with Crippen LogP contribution in [-0.2, 0) is 0 Å². The monoisotopic (exact) mass is 366 g/mol. The van der Waals surface area contributed by atoms with Crippen molar-refractivity contribution in [3.05, 3.63) is 59.2 Å². The number of benzene rings is 2. The van der Waals surface area contributed by atoms with E-state index in [4.69, 9.17) is 4.74 Å². The van der Waals surface area contributed by atoms with Crippen molar-refractivity contribution in [3.8, 4) is 5.75 Å². The van der Waals surface area contributed by atoms with Gasteiger partial charge >= 0.3 is 0 Å². The molecule has 0 aromatic heterocycles. The van der Waals surface area contributed by atoms with Gasteiger partial charge in [0.25, 0.3) is 5.91 Å². The fraction of sp³-hybridized carbons (Fsp3) is 0.435. The molecule has 1 fully saturated rings. The molecule has 0 spiro atoms. The van der Waals surface area contributed by atoms with E-state index in [-0.39, 0.29) is 11.9 Å². The lowest BCUT2D eigenvalue weighted by atomic mass is 10.0. The third-order valence-electron chi connectivity index (χ3n) is 5.20. The maximum Gasteiger partial charge on any atom is 0.251 e. The van der Waals surface area contributed by atoms with Gasteiger partial charge in [0.1, 0.15) is 5.75 Å². The third-order valence-corrected chi connectivity index (χ3v) is 5.20. The zero-order valence-electron chi connectivity index (χ0n) is 16.6. The molecule has 1 unspecified atom stereocenters. The van der Waals surface area contributed by atoms with Crippen molar-refractivity contribution < 1.29 is 9.53 Å². The number of aryl methyl sites for hydroxylation is 1. The topological polar surface area (TPSA) is 41.6 Å². The first-order valence-electron chi connectivity index (χ1n) is 9.97. The Balaban J connectivity index is 1.63. The zero-order valence-corrected chi connectivity index (χ0v) is 16.6. The summed E-state index contributed by atoms with van der Waals surface area (Å²) in [5.74, 6) is 0.768. The first-order chi connectivity index (χ1) is 13.1. The number of amides is 1. The molecule has 2 aromatic rings. The Morgan fingerprint density at radius 1 is 1.11 bits per heavy atom. The first-order valence-corrected chi connectivity index (χ1v) is 9.97. The van der Waals surface area contributed by atoms with E-state index >= 15 is 0 Å². The predicted octanol–water partition coefficient (Wildman–Crippen LogP) is 4.88. The summed E-state index contributed by atoms with van der Waals surface area (Å²) in [6.07, 6.45) is 3.88. The second-order valence-electron chi connectivity index (χ2n) is 7.25. The average Bonchev–Trinajstić information content (AvgIpc) is 2.70. The van der Waals surface area contributed by atoms with Crippen molar-refractivity contribution in [3.63, 3.8) is 0 Å². The van der Waals surface area contributed by atoms with Crippen LogP contribution in [0.3, 0.4) is 0 Å². The average molecular weight is 367 g/mol. The van der Waals surface area contributed by atoms with E-state index in [2.05, 4.69) is 34.5 Å². The number of hydrogen-bond acceptors (Lipinski definition) is 3. The number of ether oxygens (including phenoxy) is 1. The number of piperidine rings is 1. The molecule has 1 saturated heterocycles. The number of carbonyl (C=O) groups is 1. The molecule has 1 atom stereocenters. The quantitative estimate of drug-likeness (QED) is 0.792. The number of nitrogens with zero attached hydrogens (tertiary/aromatic N) is 1. The predicted molar refractivity (Wildman–Crippen MR) is 111 cm³/mol. The van der Waals surface area contributed by atoms with Gasteiger partial charge in [0.15, 0.2) is 0 Å². The largest absolute Gasteiger partial charge is 0.494 e. The van der Waals surface area contributed by atoms with Crippen LogP contribution in [0.25, 0.3) is 0 Å². The molecule has 144 valence electrons. The molecule has 0 aliphatic carbocycles. The Kier molecular flexibility index (Phi) is 6.38. The van der Waals surface area contributed by atoms with E-state index in [0.29, 0.717) is 12.2 Å². The van der Waals surface area contributed by atoms with E-state index in [0.717, 1.165) is 30.0 Å². The molecule has 1 aliphatic rings. The Morgan fingerprint density at radius 3 is 2.44 bits per heavy atom. The van der Waals surface area contributed by atoms with Gasteiger partial charge in [0.05, 0.1) is 12.6 Å². The van der Waals surface area contributed by atoms with Crippen LogP contribution < -0.4 is 15.0 Å². The number of anilines is 1. The van der Waals surface area contributed by atoms with E-state index in [1.807, 2.05) is 39.0 Å². The fourth-order valence-electron chi connectivity index (χ4n) is 3.60. The van der Waals surface area contributed by atoms with Crippen LogP contribution in [0.2, 0.25) is 0 Å². The van der Waals surface area contributed by atoms with E-state index < -0.39 is 0 Å².